The van der Waals surface area contributed by atoms with Crippen molar-refractivity contribution in [2.75, 3.05) is 39.8 Å². The van der Waals surface area contributed by atoms with Crippen LogP contribution in [-0.4, -0.2) is 46.7 Å². The van der Waals surface area contributed by atoms with E-state index < -0.39 is 18.4 Å². The quantitative estimate of drug-likeness (QED) is 0.294. The lowest BCUT2D eigenvalue weighted by atomic mass is 10.1. The van der Waals surface area contributed by atoms with E-state index in [2.05, 4.69) is 0 Å². The first-order valence-electron chi connectivity index (χ1n) is 8.71. The molecule has 0 unspecified atom stereocenters. The summed E-state index contributed by atoms with van der Waals surface area (Å²) < 4.78 is 15.3. The highest BCUT2D eigenvalue weighted by atomic mass is 16.5. The van der Waals surface area contributed by atoms with Gasteiger partial charge in [0.15, 0.2) is 6.61 Å². The van der Waals surface area contributed by atoms with Crippen LogP contribution in [0.5, 0.6) is 11.5 Å². The molecule has 7 heteroatoms. The maximum atomic E-state index is 12.4. The average Bonchev–Trinajstić information content (AvgIpc) is 2.75. The van der Waals surface area contributed by atoms with E-state index in [1.54, 1.807) is 24.3 Å². The van der Waals surface area contributed by atoms with Crippen molar-refractivity contribution in [1.29, 1.82) is 5.26 Å². The van der Waals surface area contributed by atoms with E-state index in [-0.39, 0.29) is 11.1 Å². The molecule has 0 bridgehead atoms. The number of rotatable bonds is 8. The Morgan fingerprint density at radius 3 is 2.31 bits per heavy atom. The zero-order chi connectivity index (χ0) is 21.4. The summed E-state index contributed by atoms with van der Waals surface area (Å²) in [5.41, 5.74) is 1.68. The standard InChI is InChI=1S/C22H22N2O5/c1-24(2)17-7-5-15(6-8-17)11-16(13-23)22(26)29-14-20(25)19-12-18(27-3)9-10-21(19)28-4/h5-12H,14H2,1-4H3/b16-11-. The molecule has 0 atom stereocenters. The van der Waals surface area contributed by atoms with Crippen LogP contribution < -0.4 is 14.4 Å². The highest BCUT2D eigenvalue weighted by Crippen LogP contribution is 2.24. The topological polar surface area (TPSA) is 88.9 Å². The Morgan fingerprint density at radius 1 is 1.07 bits per heavy atom. The van der Waals surface area contributed by atoms with Gasteiger partial charge < -0.3 is 19.1 Å². The number of nitrogens with zero attached hydrogens (tertiary/aromatic N) is 2. The molecule has 0 spiro atoms. The predicted molar refractivity (Wildman–Crippen MR) is 109 cm³/mol. The van der Waals surface area contributed by atoms with Crippen LogP contribution in [0.15, 0.2) is 48.0 Å². The number of anilines is 1. The Morgan fingerprint density at radius 2 is 1.76 bits per heavy atom. The second kappa shape index (κ2) is 9.95. The van der Waals surface area contributed by atoms with Gasteiger partial charge in [-0.2, -0.15) is 5.26 Å². The maximum absolute atomic E-state index is 12.4. The molecular formula is C22H22N2O5. The van der Waals surface area contributed by atoms with Gasteiger partial charge in [-0.15, -0.1) is 0 Å². The number of ether oxygens (including phenoxy) is 3. The molecule has 2 aromatic carbocycles. The molecule has 0 aliphatic heterocycles. The smallest absolute Gasteiger partial charge is 0.349 e. The van der Waals surface area contributed by atoms with Gasteiger partial charge in [0.1, 0.15) is 23.1 Å². The summed E-state index contributed by atoms with van der Waals surface area (Å²) in [5.74, 6) is -0.538. The molecular weight excluding hydrogens is 372 g/mol. The van der Waals surface area contributed by atoms with Crippen molar-refractivity contribution in [3.63, 3.8) is 0 Å². The van der Waals surface area contributed by atoms with Crippen molar-refractivity contribution < 1.29 is 23.8 Å². The van der Waals surface area contributed by atoms with Gasteiger partial charge in [-0.1, -0.05) is 12.1 Å². The Bertz CT molecular complexity index is 956. The van der Waals surface area contributed by atoms with Crippen molar-refractivity contribution in [3.8, 4) is 17.6 Å². The van der Waals surface area contributed by atoms with Gasteiger partial charge in [-0.3, -0.25) is 4.79 Å². The summed E-state index contributed by atoms with van der Waals surface area (Å²) in [6.07, 6.45) is 1.42. The fourth-order valence-electron chi connectivity index (χ4n) is 2.49. The van der Waals surface area contributed by atoms with Gasteiger partial charge in [-0.25, -0.2) is 4.79 Å². The van der Waals surface area contributed by atoms with E-state index in [4.69, 9.17) is 14.2 Å². The fraction of sp³-hybridized carbons (Fsp3) is 0.227. The number of ketones is 1. The Labute approximate surface area is 169 Å². The van der Waals surface area contributed by atoms with Gasteiger partial charge in [0.2, 0.25) is 5.78 Å². The molecule has 2 aromatic rings. The Balaban J connectivity index is 2.10. The number of carbonyl (C=O) groups excluding carboxylic acids is 2. The van der Waals surface area contributed by atoms with Gasteiger partial charge in [0, 0.05) is 19.8 Å². The van der Waals surface area contributed by atoms with Gasteiger partial charge in [0.05, 0.1) is 19.8 Å². The third-order valence-corrected chi connectivity index (χ3v) is 4.10. The molecule has 0 amide bonds. The van der Waals surface area contributed by atoms with Crippen LogP contribution >= 0.6 is 0 Å². The average molecular weight is 394 g/mol. The molecule has 0 saturated carbocycles. The molecule has 150 valence electrons. The highest BCUT2D eigenvalue weighted by Gasteiger charge is 2.18. The van der Waals surface area contributed by atoms with Crippen LogP contribution in [0.4, 0.5) is 5.69 Å². The summed E-state index contributed by atoms with van der Waals surface area (Å²) in [4.78, 5) is 26.6. The molecule has 0 fully saturated rings. The number of esters is 1. The van der Waals surface area contributed by atoms with Crippen LogP contribution in [0, 0.1) is 11.3 Å². The first-order chi connectivity index (χ1) is 13.9. The minimum absolute atomic E-state index is 0.201. The molecule has 2 rings (SSSR count). The van der Waals surface area contributed by atoms with E-state index >= 15 is 0 Å². The summed E-state index contributed by atoms with van der Waals surface area (Å²) in [5, 5.41) is 9.28. The first kappa shape index (κ1) is 21.5. The van der Waals surface area contributed by atoms with Crippen molar-refractivity contribution in [2.45, 2.75) is 0 Å². The molecule has 29 heavy (non-hydrogen) atoms. The lowest BCUT2D eigenvalue weighted by Crippen LogP contribution is -2.16. The molecule has 0 aromatic heterocycles. The van der Waals surface area contributed by atoms with Gasteiger partial charge in [-0.05, 0) is 42.0 Å². The maximum Gasteiger partial charge on any atom is 0.349 e. The van der Waals surface area contributed by atoms with Crippen LogP contribution in [0.3, 0.4) is 0 Å². The largest absolute Gasteiger partial charge is 0.497 e. The molecule has 0 aliphatic rings. The van der Waals surface area contributed by atoms with Crippen molar-refractivity contribution in [1.82, 2.24) is 0 Å². The SMILES string of the molecule is COc1ccc(OC)c(C(=O)COC(=O)/C(C#N)=C\c2ccc(N(C)C)cc2)c1. The number of nitriles is 1. The second-order valence-electron chi connectivity index (χ2n) is 6.22. The van der Waals surface area contributed by atoms with E-state index in [0.29, 0.717) is 17.1 Å². The number of Topliss-reactive ketones (excluding diaryl/α,β-unsaturated/α-hetero) is 1. The van der Waals surface area contributed by atoms with Gasteiger partial charge >= 0.3 is 5.97 Å². The molecule has 0 N–H and O–H groups in total. The molecule has 0 aliphatic carbocycles. The number of carbonyl (C=O) groups is 2. The minimum atomic E-state index is -0.876. The second-order valence-corrected chi connectivity index (χ2v) is 6.22. The molecule has 7 nitrogen and oxygen atoms in total. The lowest BCUT2D eigenvalue weighted by molar-refractivity contribution is -0.137. The number of methoxy groups -OCH3 is 2. The van der Waals surface area contributed by atoms with Crippen LogP contribution in [0.25, 0.3) is 6.08 Å². The third-order valence-electron chi connectivity index (χ3n) is 4.10. The monoisotopic (exact) mass is 394 g/mol. The predicted octanol–water partition coefficient (Wildman–Crippen LogP) is 3.10. The fourth-order valence-corrected chi connectivity index (χ4v) is 2.49. The van der Waals surface area contributed by atoms with Crippen LogP contribution in [-0.2, 0) is 9.53 Å². The highest BCUT2D eigenvalue weighted by molar-refractivity contribution is 6.03. The van der Waals surface area contributed by atoms with Crippen LogP contribution in [0.2, 0.25) is 0 Å². The zero-order valence-electron chi connectivity index (χ0n) is 16.8. The summed E-state index contributed by atoms with van der Waals surface area (Å²) in [7, 11) is 6.74. The summed E-state index contributed by atoms with van der Waals surface area (Å²) in [6, 6.07) is 13.9. The van der Waals surface area contributed by atoms with Crippen molar-refractivity contribution >= 4 is 23.5 Å². The Kier molecular flexibility index (Phi) is 7.38. The number of hydrogen-bond donors (Lipinski definition) is 0. The van der Waals surface area contributed by atoms with Gasteiger partial charge in [0.25, 0.3) is 0 Å². The van der Waals surface area contributed by atoms with E-state index in [1.165, 1.54) is 26.4 Å². The third kappa shape index (κ3) is 5.59. The van der Waals surface area contributed by atoms with Crippen molar-refractivity contribution in [2.24, 2.45) is 0 Å². The number of benzene rings is 2. The zero-order valence-corrected chi connectivity index (χ0v) is 16.8. The first-order valence-corrected chi connectivity index (χ1v) is 8.71. The summed E-state index contributed by atoms with van der Waals surface area (Å²) in [6.45, 7) is -0.527. The van der Waals surface area contributed by atoms with E-state index in [1.807, 2.05) is 37.2 Å². The summed E-state index contributed by atoms with van der Waals surface area (Å²) >= 11 is 0. The Hall–Kier alpha value is -3.79. The minimum Gasteiger partial charge on any atom is -0.497 e. The van der Waals surface area contributed by atoms with E-state index in [9.17, 15) is 14.9 Å². The van der Waals surface area contributed by atoms with Crippen molar-refractivity contribution in [3.05, 3.63) is 59.2 Å². The number of hydrogen-bond acceptors (Lipinski definition) is 7. The molecule has 0 radical (unpaired) electrons. The molecule has 0 heterocycles. The van der Waals surface area contributed by atoms with E-state index in [0.717, 1.165) is 5.69 Å². The normalized spacial score (nSPS) is 10.7. The van der Waals surface area contributed by atoms with Crippen LogP contribution in [0.1, 0.15) is 15.9 Å². The lowest BCUT2D eigenvalue weighted by Gasteiger charge is -2.12. The molecule has 0 saturated heterocycles.